The van der Waals surface area contributed by atoms with Crippen molar-refractivity contribution < 1.29 is 9.34 Å². The molecule has 6 heteroatoms. The average molecular weight is 358 g/mol. The summed E-state index contributed by atoms with van der Waals surface area (Å²) < 4.78 is 6.18. The summed E-state index contributed by atoms with van der Waals surface area (Å²) in [6.07, 6.45) is 0. The maximum absolute atomic E-state index is 10.9. The van der Waals surface area contributed by atoms with Gasteiger partial charge in [0.25, 0.3) is 5.69 Å². The van der Waals surface area contributed by atoms with Gasteiger partial charge in [0, 0.05) is 6.07 Å². The topological polar surface area (TPSA) is 68.3 Å². The van der Waals surface area contributed by atoms with Crippen molar-refractivity contribution >= 4 is 34.0 Å². The third-order valence-corrected chi connectivity index (χ3v) is 3.01. The molecule has 0 saturated carbocycles. The summed E-state index contributed by atoms with van der Waals surface area (Å²) in [5.41, 5.74) is 1.55. The molecule has 0 aliphatic heterocycles. The first kappa shape index (κ1) is 12.9. The predicted molar refractivity (Wildman–Crippen MR) is 76.6 cm³/mol. The minimum atomic E-state index is -0.395. The second-order valence-corrected chi connectivity index (χ2v) is 4.90. The molecule has 0 atom stereocenters. The van der Waals surface area contributed by atoms with Gasteiger partial charge in [0.15, 0.2) is 3.77 Å². The van der Waals surface area contributed by atoms with Gasteiger partial charge in [-0.25, -0.2) is 0 Å². The molecule has 0 aliphatic rings. The Hall–Kier alpha value is -1.57. The Morgan fingerprint density at radius 2 is 2.17 bits per heavy atom. The van der Waals surface area contributed by atoms with Crippen LogP contribution in [0.1, 0.15) is 11.3 Å². The van der Waals surface area contributed by atoms with E-state index in [4.69, 9.17) is 4.42 Å². The van der Waals surface area contributed by atoms with Crippen molar-refractivity contribution in [3.8, 4) is 0 Å². The maximum Gasteiger partial charge on any atom is 0.292 e. The third kappa shape index (κ3) is 3.00. The molecule has 0 saturated heterocycles. The third-order valence-electron chi connectivity index (χ3n) is 2.43. The largest absolute Gasteiger partial charge is 0.454 e. The molecule has 2 aromatic rings. The van der Waals surface area contributed by atoms with Crippen LogP contribution in [0.15, 0.2) is 34.7 Å². The van der Waals surface area contributed by atoms with Gasteiger partial charge in [0.1, 0.15) is 11.4 Å². The lowest BCUT2D eigenvalue weighted by Crippen LogP contribution is -2.02. The molecule has 5 nitrogen and oxygen atoms in total. The van der Waals surface area contributed by atoms with Crippen LogP contribution in [-0.2, 0) is 6.54 Å². The van der Waals surface area contributed by atoms with E-state index in [2.05, 4.69) is 27.9 Å². The Bertz CT molecular complexity index is 580. The molecule has 1 aromatic carbocycles. The van der Waals surface area contributed by atoms with Crippen molar-refractivity contribution in [2.75, 3.05) is 5.32 Å². The Kier molecular flexibility index (Phi) is 3.85. The molecule has 0 amide bonds. The van der Waals surface area contributed by atoms with Gasteiger partial charge >= 0.3 is 0 Å². The van der Waals surface area contributed by atoms with E-state index >= 15 is 0 Å². The van der Waals surface area contributed by atoms with Crippen molar-refractivity contribution in [3.63, 3.8) is 0 Å². The van der Waals surface area contributed by atoms with Gasteiger partial charge in [-0.15, -0.1) is 0 Å². The molecule has 1 N–H and O–H groups in total. The summed E-state index contributed by atoms with van der Waals surface area (Å²) in [7, 11) is 0. The minimum Gasteiger partial charge on any atom is -0.454 e. The summed E-state index contributed by atoms with van der Waals surface area (Å²) in [5, 5.41) is 13.9. The molecular weight excluding hydrogens is 347 g/mol. The molecule has 0 radical (unpaired) electrons. The van der Waals surface area contributed by atoms with Gasteiger partial charge in [0.05, 0.1) is 11.5 Å². The zero-order valence-electron chi connectivity index (χ0n) is 9.64. The van der Waals surface area contributed by atoms with E-state index in [-0.39, 0.29) is 5.69 Å². The highest BCUT2D eigenvalue weighted by molar-refractivity contribution is 14.1. The number of rotatable bonds is 4. The number of hydrogen-bond donors (Lipinski definition) is 1. The van der Waals surface area contributed by atoms with Gasteiger partial charge in [-0.3, -0.25) is 10.1 Å². The fraction of sp³-hybridized carbons (Fsp3) is 0.167. The number of benzene rings is 1. The number of anilines is 1. The summed E-state index contributed by atoms with van der Waals surface area (Å²) in [5.74, 6) is 0.746. The van der Waals surface area contributed by atoms with Crippen LogP contribution in [-0.4, -0.2) is 4.92 Å². The smallest absolute Gasteiger partial charge is 0.292 e. The summed E-state index contributed by atoms with van der Waals surface area (Å²) in [4.78, 5) is 10.5. The Morgan fingerprint density at radius 3 is 2.78 bits per heavy atom. The zero-order valence-corrected chi connectivity index (χ0v) is 11.8. The number of nitrogens with zero attached hydrogens (tertiary/aromatic N) is 1. The van der Waals surface area contributed by atoms with Crippen molar-refractivity contribution in [2.24, 2.45) is 0 Å². The first-order valence-corrected chi connectivity index (χ1v) is 6.37. The lowest BCUT2D eigenvalue weighted by atomic mass is 10.2. The van der Waals surface area contributed by atoms with Gasteiger partial charge in [-0.1, -0.05) is 6.07 Å². The molecule has 18 heavy (non-hydrogen) atoms. The molecular formula is C12H11IN2O3. The van der Waals surface area contributed by atoms with E-state index in [1.807, 2.05) is 19.1 Å². The summed E-state index contributed by atoms with van der Waals surface area (Å²) >= 11 is 2.07. The molecule has 0 bridgehead atoms. The average Bonchev–Trinajstić information content (AvgIpc) is 2.72. The fourth-order valence-electron chi connectivity index (χ4n) is 1.58. The molecule has 0 aliphatic carbocycles. The van der Waals surface area contributed by atoms with Crippen molar-refractivity contribution in [2.45, 2.75) is 13.5 Å². The Balaban J connectivity index is 2.17. The number of halogens is 1. The first-order chi connectivity index (χ1) is 8.56. The van der Waals surface area contributed by atoms with Crippen molar-refractivity contribution in [1.29, 1.82) is 0 Å². The van der Waals surface area contributed by atoms with Gasteiger partial charge in [-0.2, -0.15) is 0 Å². The Morgan fingerprint density at radius 1 is 1.39 bits per heavy atom. The van der Waals surface area contributed by atoms with Crippen LogP contribution < -0.4 is 5.32 Å². The number of hydrogen-bond acceptors (Lipinski definition) is 4. The summed E-state index contributed by atoms with van der Waals surface area (Å²) in [6, 6.07) is 8.67. The van der Waals surface area contributed by atoms with Crippen LogP contribution in [0.3, 0.4) is 0 Å². The molecule has 0 fully saturated rings. The minimum absolute atomic E-state index is 0.0712. The van der Waals surface area contributed by atoms with E-state index in [0.29, 0.717) is 12.2 Å². The van der Waals surface area contributed by atoms with Crippen LogP contribution in [0.4, 0.5) is 11.4 Å². The number of nitro benzene ring substituents is 1. The normalized spacial score (nSPS) is 10.3. The lowest BCUT2D eigenvalue weighted by molar-refractivity contribution is -0.384. The molecule has 94 valence electrons. The number of furan rings is 1. The lowest BCUT2D eigenvalue weighted by Gasteiger charge is -2.06. The van der Waals surface area contributed by atoms with Crippen LogP contribution in [0.5, 0.6) is 0 Å². The van der Waals surface area contributed by atoms with Gasteiger partial charge < -0.3 is 9.73 Å². The zero-order chi connectivity index (χ0) is 13.1. The van der Waals surface area contributed by atoms with E-state index in [0.717, 1.165) is 15.1 Å². The van der Waals surface area contributed by atoms with E-state index < -0.39 is 4.92 Å². The number of nitro groups is 1. The highest BCUT2D eigenvalue weighted by Crippen LogP contribution is 2.26. The predicted octanol–water partition coefficient (Wildman–Crippen LogP) is 3.71. The van der Waals surface area contributed by atoms with Crippen LogP contribution in [0, 0.1) is 20.8 Å². The molecule has 0 spiro atoms. The van der Waals surface area contributed by atoms with E-state index in [1.165, 1.54) is 6.07 Å². The molecule has 2 rings (SSSR count). The van der Waals surface area contributed by atoms with Crippen molar-refractivity contribution in [1.82, 2.24) is 0 Å². The highest BCUT2D eigenvalue weighted by Gasteiger charge is 2.13. The maximum atomic E-state index is 10.9. The number of nitrogens with one attached hydrogen (secondary N) is 1. The molecule has 1 heterocycles. The SMILES string of the molecule is Cc1ccc([N+](=O)[O-])c(NCc2ccc(I)o2)c1. The quantitative estimate of drug-likeness (QED) is 0.514. The van der Waals surface area contributed by atoms with Gasteiger partial charge in [0.2, 0.25) is 0 Å². The fourth-order valence-corrected chi connectivity index (χ4v) is 2.04. The van der Waals surface area contributed by atoms with Crippen molar-refractivity contribution in [3.05, 3.63) is 55.5 Å². The monoisotopic (exact) mass is 358 g/mol. The molecule has 0 unspecified atom stereocenters. The second-order valence-electron chi connectivity index (χ2n) is 3.84. The van der Waals surface area contributed by atoms with Crippen LogP contribution >= 0.6 is 22.6 Å². The number of aryl methyl sites for hydroxylation is 1. The van der Waals surface area contributed by atoms with Crippen LogP contribution in [0.2, 0.25) is 0 Å². The van der Waals surface area contributed by atoms with Gasteiger partial charge in [-0.05, 0) is 53.3 Å². The summed E-state index contributed by atoms with van der Waals surface area (Å²) in [6.45, 7) is 2.32. The highest BCUT2D eigenvalue weighted by atomic mass is 127. The second kappa shape index (κ2) is 5.38. The Labute approximate surface area is 117 Å². The van der Waals surface area contributed by atoms with Crippen LogP contribution in [0.25, 0.3) is 0 Å². The van der Waals surface area contributed by atoms with E-state index in [1.54, 1.807) is 12.1 Å². The first-order valence-electron chi connectivity index (χ1n) is 5.29. The molecule has 1 aromatic heterocycles. The van der Waals surface area contributed by atoms with E-state index in [9.17, 15) is 10.1 Å². The standard InChI is InChI=1S/C12H11IN2O3/c1-8-2-4-11(15(16)17)10(6-8)14-7-9-3-5-12(13)18-9/h2-6,14H,7H2,1H3.